The van der Waals surface area contributed by atoms with Crippen LogP contribution in [0.1, 0.15) is 22.8 Å². The van der Waals surface area contributed by atoms with Gasteiger partial charge >= 0.3 is 0 Å². The summed E-state index contributed by atoms with van der Waals surface area (Å²) in [6.45, 7) is 2.20. The quantitative estimate of drug-likeness (QED) is 0.793. The number of benzene rings is 2. The summed E-state index contributed by atoms with van der Waals surface area (Å²) < 4.78 is 15.8. The van der Waals surface area contributed by atoms with Crippen LogP contribution in [0.2, 0.25) is 0 Å². The van der Waals surface area contributed by atoms with E-state index in [1.165, 1.54) is 0 Å². The van der Waals surface area contributed by atoms with Gasteiger partial charge in [0.1, 0.15) is 5.75 Å². The zero-order valence-corrected chi connectivity index (χ0v) is 12.7. The average Bonchev–Trinajstić information content (AvgIpc) is 3.02. The summed E-state index contributed by atoms with van der Waals surface area (Å²) in [5.41, 5.74) is 1.77. The molecule has 4 heteroatoms. The fourth-order valence-corrected chi connectivity index (χ4v) is 2.55. The van der Waals surface area contributed by atoms with Crippen LogP contribution >= 0.6 is 0 Å². The van der Waals surface area contributed by atoms with E-state index in [9.17, 15) is 4.79 Å². The van der Waals surface area contributed by atoms with Gasteiger partial charge in [0.15, 0.2) is 17.3 Å². The number of hydrogen-bond acceptors (Lipinski definition) is 4. The summed E-state index contributed by atoms with van der Waals surface area (Å²) in [6, 6.07) is 13.0. The van der Waals surface area contributed by atoms with Crippen LogP contribution in [0.3, 0.4) is 0 Å². The predicted molar refractivity (Wildman–Crippen MR) is 82.8 cm³/mol. The van der Waals surface area contributed by atoms with E-state index >= 15 is 0 Å². The van der Waals surface area contributed by atoms with Crippen LogP contribution in [0.4, 0.5) is 0 Å². The Morgan fingerprint density at radius 2 is 1.86 bits per heavy atom. The minimum atomic E-state index is -0.103. The molecular weight excluding hydrogens is 280 g/mol. The molecule has 0 saturated heterocycles. The maximum atomic E-state index is 12.5. The van der Waals surface area contributed by atoms with Crippen LogP contribution in [0.25, 0.3) is 0 Å². The SMILES string of the molecule is COc1ccc(C(=O)C(C)Cc2ccc3c(c2)OCO3)cc1. The minimum absolute atomic E-state index is 0.103. The molecule has 0 amide bonds. The molecule has 3 rings (SSSR count). The third-order valence-electron chi connectivity index (χ3n) is 3.80. The van der Waals surface area contributed by atoms with E-state index in [1.54, 1.807) is 31.4 Å². The summed E-state index contributed by atoms with van der Waals surface area (Å²) in [5.74, 6) is 2.29. The molecule has 2 aromatic rings. The Morgan fingerprint density at radius 1 is 1.14 bits per heavy atom. The van der Waals surface area contributed by atoms with E-state index in [0.717, 1.165) is 22.8 Å². The monoisotopic (exact) mass is 298 g/mol. The van der Waals surface area contributed by atoms with Crippen LogP contribution in [0, 0.1) is 5.92 Å². The van der Waals surface area contributed by atoms with Gasteiger partial charge in [-0.3, -0.25) is 4.79 Å². The number of fused-ring (bicyclic) bond motifs is 1. The fraction of sp³-hybridized carbons (Fsp3) is 0.278. The number of carbonyl (C=O) groups excluding carboxylic acids is 1. The molecule has 1 unspecified atom stereocenters. The smallest absolute Gasteiger partial charge is 0.231 e. The van der Waals surface area contributed by atoms with Crippen molar-refractivity contribution < 1.29 is 19.0 Å². The van der Waals surface area contributed by atoms with Crippen molar-refractivity contribution >= 4 is 5.78 Å². The molecule has 0 radical (unpaired) electrons. The van der Waals surface area contributed by atoms with Crippen molar-refractivity contribution in [2.24, 2.45) is 5.92 Å². The molecule has 0 bridgehead atoms. The highest BCUT2D eigenvalue weighted by atomic mass is 16.7. The van der Waals surface area contributed by atoms with Crippen molar-refractivity contribution in [1.29, 1.82) is 0 Å². The number of carbonyl (C=O) groups is 1. The molecule has 1 aliphatic heterocycles. The molecule has 2 aromatic carbocycles. The number of ketones is 1. The number of ether oxygens (including phenoxy) is 3. The molecule has 22 heavy (non-hydrogen) atoms. The van der Waals surface area contributed by atoms with E-state index in [2.05, 4.69) is 0 Å². The van der Waals surface area contributed by atoms with Crippen molar-refractivity contribution in [3.8, 4) is 17.2 Å². The van der Waals surface area contributed by atoms with Crippen LogP contribution in [0.5, 0.6) is 17.2 Å². The Labute approximate surface area is 129 Å². The maximum absolute atomic E-state index is 12.5. The van der Waals surface area contributed by atoms with Gasteiger partial charge in [-0.15, -0.1) is 0 Å². The molecule has 0 aliphatic carbocycles. The zero-order chi connectivity index (χ0) is 15.5. The molecule has 1 heterocycles. The highest BCUT2D eigenvalue weighted by Gasteiger charge is 2.18. The lowest BCUT2D eigenvalue weighted by atomic mass is 9.93. The average molecular weight is 298 g/mol. The first-order chi connectivity index (χ1) is 10.7. The molecule has 0 spiro atoms. The van der Waals surface area contributed by atoms with E-state index in [1.807, 2.05) is 25.1 Å². The van der Waals surface area contributed by atoms with Gasteiger partial charge in [0, 0.05) is 11.5 Å². The van der Waals surface area contributed by atoms with Gasteiger partial charge in [-0.1, -0.05) is 13.0 Å². The molecule has 0 fully saturated rings. The number of hydrogen-bond donors (Lipinski definition) is 0. The third-order valence-corrected chi connectivity index (χ3v) is 3.80. The summed E-state index contributed by atoms with van der Waals surface area (Å²) in [7, 11) is 1.61. The summed E-state index contributed by atoms with van der Waals surface area (Å²) >= 11 is 0. The number of methoxy groups -OCH3 is 1. The highest BCUT2D eigenvalue weighted by molar-refractivity contribution is 5.97. The van der Waals surface area contributed by atoms with Gasteiger partial charge in [-0.2, -0.15) is 0 Å². The standard InChI is InChI=1S/C18H18O4/c1-12(18(19)14-4-6-15(20-2)7-5-14)9-13-3-8-16-17(10-13)22-11-21-16/h3-8,10,12H,9,11H2,1-2H3. The van der Waals surface area contributed by atoms with E-state index in [0.29, 0.717) is 12.0 Å². The molecule has 1 atom stereocenters. The lowest BCUT2D eigenvalue weighted by molar-refractivity contribution is 0.0929. The summed E-state index contributed by atoms with van der Waals surface area (Å²) in [5, 5.41) is 0. The van der Waals surface area contributed by atoms with Crippen molar-refractivity contribution in [3.63, 3.8) is 0 Å². The van der Waals surface area contributed by atoms with Crippen LogP contribution < -0.4 is 14.2 Å². The van der Waals surface area contributed by atoms with E-state index < -0.39 is 0 Å². The predicted octanol–water partition coefficient (Wildman–Crippen LogP) is 3.49. The van der Waals surface area contributed by atoms with Gasteiger partial charge in [-0.05, 0) is 48.4 Å². The van der Waals surface area contributed by atoms with Gasteiger partial charge in [0.05, 0.1) is 7.11 Å². The Kier molecular flexibility index (Phi) is 4.00. The molecule has 0 N–H and O–H groups in total. The van der Waals surface area contributed by atoms with E-state index in [-0.39, 0.29) is 18.5 Å². The van der Waals surface area contributed by atoms with Gasteiger partial charge in [0.2, 0.25) is 6.79 Å². The summed E-state index contributed by atoms with van der Waals surface area (Å²) in [6.07, 6.45) is 0.668. The van der Waals surface area contributed by atoms with Crippen molar-refractivity contribution in [2.45, 2.75) is 13.3 Å². The van der Waals surface area contributed by atoms with Gasteiger partial charge < -0.3 is 14.2 Å². The number of rotatable bonds is 5. The first-order valence-electron chi connectivity index (χ1n) is 7.24. The first-order valence-corrected chi connectivity index (χ1v) is 7.24. The van der Waals surface area contributed by atoms with Crippen molar-refractivity contribution in [2.75, 3.05) is 13.9 Å². The second-order valence-electron chi connectivity index (χ2n) is 5.39. The highest BCUT2D eigenvalue weighted by Crippen LogP contribution is 2.33. The lowest BCUT2D eigenvalue weighted by Crippen LogP contribution is -2.14. The van der Waals surface area contributed by atoms with Crippen LogP contribution in [-0.4, -0.2) is 19.7 Å². The van der Waals surface area contributed by atoms with Crippen LogP contribution in [-0.2, 0) is 6.42 Å². The fourth-order valence-electron chi connectivity index (χ4n) is 2.55. The van der Waals surface area contributed by atoms with Crippen LogP contribution in [0.15, 0.2) is 42.5 Å². The molecular formula is C18H18O4. The maximum Gasteiger partial charge on any atom is 0.231 e. The van der Waals surface area contributed by atoms with Crippen molar-refractivity contribution in [3.05, 3.63) is 53.6 Å². The number of Topliss-reactive ketones (excluding diaryl/α,β-unsaturated/α-hetero) is 1. The second kappa shape index (κ2) is 6.10. The molecule has 114 valence electrons. The summed E-state index contributed by atoms with van der Waals surface area (Å²) in [4.78, 5) is 12.5. The van der Waals surface area contributed by atoms with Crippen molar-refractivity contribution in [1.82, 2.24) is 0 Å². The Hall–Kier alpha value is -2.49. The zero-order valence-electron chi connectivity index (χ0n) is 12.7. The molecule has 0 saturated carbocycles. The van der Waals surface area contributed by atoms with Gasteiger partial charge in [0.25, 0.3) is 0 Å². The normalized spacial score (nSPS) is 13.7. The second-order valence-corrected chi connectivity index (χ2v) is 5.39. The third kappa shape index (κ3) is 2.91. The Morgan fingerprint density at radius 3 is 2.59 bits per heavy atom. The molecule has 0 aromatic heterocycles. The van der Waals surface area contributed by atoms with Gasteiger partial charge in [-0.25, -0.2) is 0 Å². The molecule has 4 nitrogen and oxygen atoms in total. The largest absolute Gasteiger partial charge is 0.497 e. The lowest BCUT2D eigenvalue weighted by Gasteiger charge is -2.11. The minimum Gasteiger partial charge on any atom is -0.497 e. The Bertz CT molecular complexity index is 676. The topological polar surface area (TPSA) is 44.8 Å². The molecule has 1 aliphatic rings. The Balaban J connectivity index is 1.70. The first kappa shape index (κ1) is 14.4. The van der Waals surface area contributed by atoms with E-state index in [4.69, 9.17) is 14.2 Å².